The van der Waals surface area contributed by atoms with Crippen LogP contribution in [0.15, 0.2) is 24.3 Å². The van der Waals surface area contributed by atoms with Gasteiger partial charge in [0, 0.05) is 12.0 Å². The van der Waals surface area contributed by atoms with Crippen molar-refractivity contribution in [3.63, 3.8) is 0 Å². The maximum atomic E-state index is 10.2. The molecule has 1 rings (SSSR count). The number of carbonyl (C=O) groups is 1. The molecule has 0 atom stereocenters. The summed E-state index contributed by atoms with van der Waals surface area (Å²) in [5.41, 5.74) is 0. The monoisotopic (exact) mass is 247 g/mol. The fourth-order valence-corrected chi connectivity index (χ4v) is 2.42. The van der Waals surface area contributed by atoms with Gasteiger partial charge in [0.15, 0.2) is 0 Å². The Bertz CT molecular complexity index is 344. The molecule has 0 heterocycles. The van der Waals surface area contributed by atoms with Crippen molar-refractivity contribution in [3.05, 3.63) is 24.3 Å². The second-order valence-corrected chi connectivity index (χ2v) is 4.90. The van der Waals surface area contributed by atoms with Gasteiger partial charge in [-0.3, -0.25) is 0 Å². The van der Waals surface area contributed by atoms with Gasteiger partial charge in [0.05, 0.1) is 6.07 Å². The van der Waals surface area contributed by atoms with E-state index in [4.69, 9.17) is 10.4 Å². The molecule has 18 heavy (non-hydrogen) atoms. The number of aliphatic carboxylic acids is 1. The second kappa shape index (κ2) is 8.52. The number of rotatable bonds is 6. The molecule has 0 radical (unpaired) electrons. The normalized spacial score (nSPS) is 24.4. The maximum Gasteiger partial charge on any atom is 0.328 e. The van der Waals surface area contributed by atoms with Gasteiger partial charge < -0.3 is 5.11 Å². The van der Waals surface area contributed by atoms with Gasteiger partial charge in [0.25, 0.3) is 0 Å². The topological polar surface area (TPSA) is 61.1 Å². The second-order valence-electron chi connectivity index (χ2n) is 4.90. The Morgan fingerprint density at radius 1 is 1.28 bits per heavy atom. The average Bonchev–Trinajstić information content (AvgIpc) is 2.38. The molecule has 0 spiro atoms. The van der Waals surface area contributed by atoms with Crippen molar-refractivity contribution in [3.8, 4) is 6.07 Å². The fourth-order valence-electron chi connectivity index (χ4n) is 2.42. The number of hydrogen-bond acceptors (Lipinski definition) is 2. The van der Waals surface area contributed by atoms with Gasteiger partial charge in [0.1, 0.15) is 0 Å². The lowest BCUT2D eigenvalue weighted by Gasteiger charge is -2.24. The number of nitriles is 1. The molecular weight excluding hydrogens is 226 g/mol. The number of hydrogen-bond donors (Lipinski definition) is 1. The Balaban J connectivity index is 2.05. The summed E-state index contributed by atoms with van der Waals surface area (Å²) in [6.07, 6.45) is 14.4. The van der Waals surface area contributed by atoms with Crippen LogP contribution in [-0.4, -0.2) is 11.1 Å². The molecule has 0 aromatic rings. The van der Waals surface area contributed by atoms with E-state index < -0.39 is 5.97 Å². The van der Waals surface area contributed by atoms with Gasteiger partial charge >= 0.3 is 5.97 Å². The Morgan fingerprint density at radius 2 is 2.00 bits per heavy atom. The van der Waals surface area contributed by atoms with Crippen LogP contribution in [0.5, 0.6) is 0 Å². The van der Waals surface area contributed by atoms with E-state index in [-0.39, 0.29) is 0 Å². The van der Waals surface area contributed by atoms with Crippen LogP contribution in [0.3, 0.4) is 0 Å². The number of carboxylic acid groups (broad SMARTS) is 1. The van der Waals surface area contributed by atoms with Gasteiger partial charge in [-0.05, 0) is 44.4 Å². The summed E-state index contributed by atoms with van der Waals surface area (Å²) in [7, 11) is 0. The van der Waals surface area contributed by atoms with E-state index in [2.05, 4.69) is 6.07 Å². The summed E-state index contributed by atoms with van der Waals surface area (Å²) >= 11 is 0. The minimum absolute atomic E-state index is 0.294. The van der Waals surface area contributed by atoms with E-state index in [1.165, 1.54) is 19.3 Å². The Hall–Kier alpha value is -1.56. The summed E-state index contributed by atoms with van der Waals surface area (Å²) in [4.78, 5) is 10.2. The van der Waals surface area contributed by atoms with Crippen LogP contribution in [0.25, 0.3) is 0 Å². The van der Waals surface area contributed by atoms with Crippen LogP contribution in [0.1, 0.15) is 44.9 Å². The molecule has 0 bridgehead atoms. The van der Waals surface area contributed by atoms with Crippen molar-refractivity contribution < 1.29 is 9.90 Å². The quantitative estimate of drug-likeness (QED) is 0.442. The molecule has 0 amide bonds. The van der Waals surface area contributed by atoms with Gasteiger partial charge in [0.2, 0.25) is 0 Å². The first kappa shape index (κ1) is 14.5. The summed E-state index contributed by atoms with van der Waals surface area (Å²) in [6, 6.07) is 2.36. The Kier molecular flexibility index (Phi) is 6.86. The standard InChI is InChI=1S/C15H21NO2/c16-12-14-10-8-13(9-11-14)6-4-2-1-3-5-7-15(17)18/h1,3,5,7,13-14H,2,4,6,8-11H2,(H,17,18). The van der Waals surface area contributed by atoms with E-state index in [1.54, 1.807) is 12.2 Å². The molecule has 98 valence electrons. The molecule has 0 saturated heterocycles. The lowest BCUT2D eigenvalue weighted by Crippen LogP contribution is -2.13. The van der Waals surface area contributed by atoms with Crippen LogP contribution >= 0.6 is 0 Å². The highest BCUT2D eigenvalue weighted by Crippen LogP contribution is 2.31. The number of allylic oxidation sites excluding steroid dienone is 3. The molecule has 1 saturated carbocycles. The number of carboxylic acids is 1. The molecule has 0 aromatic heterocycles. The van der Waals surface area contributed by atoms with E-state index in [9.17, 15) is 4.79 Å². The van der Waals surface area contributed by atoms with Gasteiger partial charge in [-0.25, -0.2) is 4.79 Å². The van der Waals surface area contributed by atoms with E-state index >= 15 is 0 Å². The van der Waals surface area contributed by atoms with E-state index in [1.807, 2.05) is 6.08 Å². The predicted octanol–water partition coefficient (Wildman–Crippen LogP) is 3.68. The summed E-state index contributed by atoms with van der Waals surface area (Å²) in [5, 5.41) is 17.2. The molecule has 0 unspecified atom stereocenters. The predicted molar refractivity (Wildman–Crippen MR) is 70.8 cm³/mol. The Labute approximate surface area is 109 Å². The minimum atomic E-state index is -0.908. The summed E-state index contributed by atoms with van der Waals surface area (Å²) in [5.74, 6) is 0.175. The summed E-state index contributed by atoms with van der Waals surface area (Å²) in [6.45, 7) is 0. The molecule has 3 nitrogen and oxygen atoms in total. The fraction of sp³-hybridized carbons (Fsp3) is 0.600. The van der Waals surface area contributed by atoms with Crippen LogP contribution in [-0.2, 0) is 4.79 Å². The molecule has 1 aliphatic carbocycles. The van der Waals surface area contributed by atoms with Crippen molar-refractivity contribution in [2.45, 2.75) is 44.9 Å². The van der Waals surface area contributed by atoms with Crippen molar-refractivity contribution in [2.24, 2.45) is 11.8 Å². The third-order valence-corrected chi connectivity index (χ3v) is 3.50. The lowest BCUT2D eigenvalue weighted by molar-refractivity contribution is -0.131. The van der Waals surface area contributed by atoms with Gasteiger partial charge in [-0.15, -0.1) is 0 Å². The first-order chi connectivity index (χ1) is 8.72. The van der Waals surface area contributed by atoms with E-state index in [0.717, 1.165) is 37.7 Å². The molecule has 0 aliphatic heterocycles. The van der Waals surface area contributed by atoms with Crippen molar-refractivity contribution >= 4 is 5.97 Å². The highest BCUT2D eigenvalue weighted by Gasteiger charge is 2.19. The minimum Gasteiger partial charge on any atom is -0.478 e. The zero-order chi connectivity index (χ0) is 13.2. The maximum absolute atomic E-state index is 10.2. The molecule has 1 fully saturated rings. The molecule has 1 aliphatic rings. The highest BCUT2D eigenvalue weighted by atomic mass is 16.4. The molecule has 1 N–H and O–H groups in total. The van der Waals surface area contributed by atoms with E-state index in [0.29, 0.717) is 5.92 Å². The SMILES string of the molecule is N#CC1CCC(CCCC=CC=CC(=O)O)CC1. The van der Waals surface area contributed by atoms with Crippen LogP contribution in [0.2, 0.25) is 0 Å². The molecule has 3 heteroatoms. The zero-order valence-electron chi connectivity index (χ0n) is 10.7. The first-order valence-corrected chi connectivity index (χ1v) is 6.68. The number of unbranched alkanes of at least 4 members (excludes halogenated alkanes) is 1. The largest absolute Gasteiger partial charge is 0.478 e. The first-order valence-electron chi connectivity index (χ1n) is 6.68. The van der Waals surface area contributed by atoms with Crippen LogP contribution < -0.4 is 0 Å². The van der Waals surface area contributed by atoms with Gasteiger partial charge in [-0.1, -0.05) is 24.6 Å². The highest BCUT2D eigenvalue weighted by molar-refractivity contribution is 5.80. The van der Waals surface area contributed by atoms with Crippen LogP contribution in [0, 0.1) is 23.2 Å². The van der Waals surface area contributed by atoms with Crippen molar-refractivity contribution in [1.29, 1.82) is 5.26 Å². The Morgan fingerprint density at radius 3 is 2.61 bits per heavy atom. The average molecular weight is 247 g/mol. The third kappa shape index (κ3) is 6.24. The van der Waals surface area contributed by atoms with Crippen LogP contribution in [0.4, 0.5) is 0 Å². The zero-order valence-corrected chi connectivity index (χ0v) is 10.7. The van der Waals surface area contributed by atoms with Crippen molar-refractivity contribution in [1.82, 2.24) is 0 Å². The van der Waals surface area contributed by atoms with Gasteiger partial charge in [-0.2, -0.15) is 5.26 Å². The third-order valence-electron chi connectivity index (χ3n) is 3.50. The lowest BCUT2D eigenvalue weighted by atomic mass is 9.80. The molecule has 0 aromatic carbocycles. The summed E-state index contributed by atoms with van der Waals surface area (Å²) < 4.78 is 0. The molecular formula is C15H21NO2. The smallest absolute Gasteiger partial charge is 0.328 e. The number of nitrogens with zero attached hydrogens (tertiary/aromatic N) is 1. The van der Waals surface area contributed by atoms with Crippen molar-refractivity contribution in [2.75, 3.05) is 0 Å².